The van der Waals surface area contributed by atoms with Crippen LogP contribution in [0.3, 0.4) is 0 Å². The number of aryl methyl sites for hydroxylation is 1. The lowest BCUT2D eigenvalue weighted by atomic mass is 10.1. The molecular formula is C22H20N6O3. The van der Waals surface area contributed by atoms with E-state index in [1.165, 1.54) is 0 Å². The second-order valence-corrected chi connectivity index (χ2v) is 7.56. The molecule has 9 nitrogen and oxygen atoms in total. The molecule has 0 saturated carbocycles. The van der Waals surface area contributed by atoms with Gasteiger partial charge in [-0.1, -0.05) is 6.07 Å². The number of rotatable bonds is 4. The molecule has 3 heterocycles. The quantitative estimate of drug-likeness (QED) is 0.466. The molecule has 0 atom stereocenters. The zero-order valence-corrected chi connectivity index (χ0v) is 17.0. The van der Waals surface area contributed by atoms with Crippen molar-refractivity contribution in [1.29, 1.82) is 0 Å². The minimum Gasteiger partial charge on any atom is -0.408 e. The van der Waals surface area contributed by atoms with Gasteiger partial charge in [0.1, 0.15) is 5.82 Å². The summed E-state index contributed by atoms with van der Waals surface area (Å²) < 4.78 is 5.04. The first kappa shape index (κ1) is 18.9. The molecule has 156 valence electrons. The van der Waals surface area contributed by atoms with Crippen molar-refractivity contribution in [3.8, 4) is 0 Å². The molecule has 1 amide bonds. The molecule has 0 fully saturated rings. The SMILES string of the molecule is CC(=O)N1Cc2ccc(Nc3ncc(C)c(Nc4ccc5oc(=O)[nH]c5c4)n3)cc2C1. The smallest absolute Gasteiger partial charge is 0.408 e. The van der Waals surface area contributed by atoms with Crippen molar-refractivity contribution in [2.24, 2.45) is 0 Å². The van der Waals surface area contributed by atoms with E-state index in [9.17, 15) is 9.59 Å². The van der Waals surface area contributed by atoms with E-state index in [-0.39, 0.29) is 5.91 Å². The third-order valence-electron chi connectivity index (χ3n) is 5.28. The zero-order valence-electron chi connectivity index (χ0n) is 17.0. The van der Waals surface area contributed by atoms with Crippen LogP contribution in [0.5, 0.6) is 0 Å². The molecule has 9 heteroatoms. The summed E-state index contributed by atoms with van der Waals surface area (Å²) in [5, 5.41) is 6.50. The Morgan fingerprint density at radius 3 is 2.71 bits per heavy atom. The van der Waals surface area contributed by atoms with Crippen molar-refractivity contribution in [1.82, 2.24) is 19.9 Å². The zero-order chi connectivity index (χ0) is 21.5. The Balaban J connectivity index is 1.37. The van der Waals surface area contributed by atoms with Gasteiger partial charge in [-0.15, -0.1) is 0 Å². The molecule has 1 aliphatic rings. The van der Waals surface area contributed by atoms with Crippen LogP contribution in [0.2, 0.25) is 0 Å². The fourth-order valence-corrected chi connectivity index (χ4v) is 3.62. The van der Waals surface area contributed by atoms with Crippen LogP contribution < -0.4 is 16.4 Å². The molecule has 3 N–H and O–H groups in total. The van der Waals surface area contributed by atoms with Crippen LogP contribution in [0.1, 0.15) is 23.6 Å². The third-order valence-corrected chi connectivity index (χ3v) is 5.28. The average molecular weight is 416 g/mol. The Morgan fingerprint density at radius 1 is 1.10 bits per heavy atom. The monoisotopic (exact) mass is 416 g/mol. The summed E-state index contributed by atoms with van der Waals surface area (Å²) in [7, 11) is 0. The van der Waals surface area contributed by atoms with Gasteiger partial charge in [-0.2, -0.15) is 4.98 Å². The maximum absolute atomic E-state index is 11.6. The minimum absolute atomic E-state index is 0.0703. The van der Waals surface area contributed by atoms with Crippen LogP contribution in [-0.2, 0) is 17.9 Å². The molecule has 0 aliphatic carbocycles. The van der Waals surface area contributed by atoms with E-state index < -0.39 is 5.76 Å². The van der Waals surface area contributed by atoms with Gasteiger partial charge in [0, 0.05) is 43.1 Å². The molecular weight excluding hydrogens is 396 g/mol. The van der Waals surface area contributed by atoms with Gasteiger partial charge in [0.15, 0.2) is 5.58 Å². The van der Waals surface area contributed by atoms with Crippen molar-refractivity contribution in [2.45, 2.75) is 26.9 Å². The van der Waals surface area contributed by atoms with Crippen LogP contribution in [0, 0.1) is 6.92 Å². The number of anilines is 4. The normalized spacial score (nSPS) is 12.8. The number of nitrogens with zero attached hydrogens (tertiary/aromatic N) is 3. The number of benzene rings is 2. The number of hydrogen-bond donors (Lipinski definition) is 3. The second-order valence-electron chi connectivity index (χ2n) is 7.56. The highest BCUT2D eigenvalue weighted by Gasteiger charge is 2.21. The Hall–Kier alpha value is -4.14. The summed E-state index contributed by atoms with van der Waals surface area (Å²) in [5.74, 6) is 0.678. The highest BCUT2D eigenvalue weighted by molar-refractivity contribution is 5.78. The first-order chi connectivity index (χ1) is 14.9. The van der Waals surface area contributed by atoms with Gasteiger partial charge in [0.25, 0.3) is 0 Å². The number of H-pyrrole nitrogens is 1. The van der Waals surface area contributed by atoms with Crippen molar-refractivity contribution in [3.63, 3.8) is 0 Å². The van der Waals surface area contributed by atoms with E-state index in [4.69, 9.17) is 4.42 Å². The Morgan fingerprint density at radius 2 is 1.87 bits per heavy atom. The lowest BCUT2D eigenvalue weighted by Crippen LogP contribution is -2.21. The Labute approximate surface area is 177 Å². The molecule has 0 spiro atoms. The van der Waals surface area contributed by atoms with Gasteiger partial charge in [0.05, 0.1) is 5.52 Å². The first-order valence-electron chi connectivity index (χ1n) is 9.82. The standard InChI is InChI=1S/C22H20N6O3/c1-12-9-23-21(25-16-4-3-14-10-28(13(2)29)11-15(14)7-16)27-20(12)24-17-5-6-19-18(8-17)26-22(30)31-19/h3-9H,10-11H2,1-2H3,(H,26,30)(H2,23,24,25,27). The molecule has 0 radical (unpaired) electrons. The topological polar surface area (TPSA) is 116 Å². The number of hydrogen-bond acceptors (Lipinski definition) is 7. The van der Waals surface area contributed by atoms with Gasteiger partial charge >= 0.3 is 5.76 Å². The maximum atomic E-state index is 11.6. The minimum atomic E-state index is -0.488. The van der Waals surface area contributed by atoms with Crippen molar-refractivity contribution in [3.05, 3.63) is 69.8 Å². The molecule has 0 unspecified atom stereocenters. The summed E-state index contributed by atoms with van der Waals surface area (Å²) in [6.07, 6.45) is 1.74. The van der Waals surface area contributed by atoms with Gasteiger partial charge in [-0.25, -0.2) is 9.78 Å². The average Bonchev–Trinajstić information content (AvgIpc) is 3.32. The number of fused-ring (bicyclic) bond motifs is 2. The highest BCUT2D eigenvalue weighted by atomic mass is 16.4. The van der Waals surface area contributed by atoms with E-state index in [2.05, 4.69) is 25.6 Å². The van der Waals surface area contributed by atoms with Crippen LogP contribution in [-0.4, -0.2) is 25.8 Å². The van der Waals surface area contributed by atoms with Crippen molar-refractivity contribution in [2.75, 3.05) is 10.6 Å². The van der Waals surface area contributed by atoms with E-state index in [0.29, 0.717) is 36.0 Å². The van der Waals surface area contributed by atoms with E-state index in [0.717, 1.165) is 28.1 Å². The van der Waals surface area contributed by atoms with Gasteiger partial charge in [-0.3, -0.25) is 9.78 Å². The molecule has 0 saturated heterocycles. The van der Waals surface area contributed by atoms with Crippen LogP contribution >= 0.6 is 0 Å². The number of aromatic nitrogens is 3. The van der Waals surface area contributed by atoms with E-state index in [1.54, 1.807) is 25.3 Å². The maximum Gasteiger partial charge on any atom is 0.417 e. The van der Waals surface area contributed by atoms with Crippen molar-refractivity contribution >= 4 is 40.1 Å². The summed E-state index contributed by atoms with van der Waals surface area (Å²) in [6.45, 7) is 4.75. The molecule has 0 bridgehead atoms. The van der Waals surface area contributed by atoms with Crippen LogP contribution in [0.15, 0.2) is 51.8 Å². The number of aromatic amines is 1. The third kappa shape index (κ3) is 3.73. The Kier molecular flexibility index (Phi) is 4.43. The van der Waals surface area contributed by atoms with Crippen LogP contribution in [0.25, 0.3) is 11.1 Å². The number of carbonyl (C=O) groups is 1. The van der Waals surface area contributed by atoms with Gasteiger partial charge in [0.2, 0.25) is 11.9 Å². The highest BCUT2D eigenvalue weighted by Crippen LogP contribution is 2.28. The number of oxazole rings is 1. The van der Waals surface area contributed by atoms with E-state index in [1.807, 2.05) is 36.1 Å². The lowest BCUT2D eigenvalue weighted by molar-refractivity contribution is -0.129. The number of nitrogens with one attached hydrogen (secondary N) is 3. The van der Waals surface area contributed by atoms with Crippen LogP contribution in [0.4, 0.5) is 23.1 Å². The Bertz CT molecular complexity index is 1370. The first-order valence-corrected chi connectivity index (χ1v) is 9.82. The summed E-state index contributed by atoms with van der Waals surface area (Å²) >= 11 is 0. The summed E-state index contributed by atoms with van der Waals surface area (Å²) in [4.78, 5) is 36.4. The van der Waals surface area contributed by atoms with Gasteiger partial charge in [-0.05, 0) is 48.4 Å². The second kappa shape index (κ2) is 7.28. The lowest BCUT2D eigenvalue weighted by Gasteiger charge is -2.12. The van der Waals surface area contributed by atoms with Gasteiger partial charge < -0.3 is 20.0 Å². The molecule has 31 heavy (non-hydrogen) atoms. The summed E-state index contributed by atoms with van der Waals surface area (Å²) in [6, 6.07) is 11.3. The molecule has 2 aromatic carbocycles. The predicted molar refractivity (Wildman–Crippen MR) is 117 cm³/mol. The molecule has 2 aromatic heterocycles. The number of amides is 1. The summed E-state index contributed by atoms with van der Waals surface area (Å²) in [5.41, 5.74) is 5.87. The molecule has 5 rings (SSSR count). The fourth-order valence-electron chi connectivity index (χ4n) is 3.62. The fraction of sp³-hybridized carbons (Fsp3) is 0.182. The molecule has 1 aliphatic heterocycles. The predicted octanol–water partition coefficient (Wildman–Crippen LogP) is 3.57. The molecule has 4 aromatic rings. The van der Waals surface area contributed by atoms with E-state index >= 15 is 0 Å². The number of carbonyl (C=O) groups excluding carboxylic acids is 1. The largest absolute Gasteiger partial charge is 0.417 e. The van der Waals surface area contributed by atoms with Crippen molar-refractivity contribution < 1.29 is 9.21 Å².